The van der Waals surface area contributed by atoms with Crippen molar-refractivity contribution < 1.29 is 0 Å². The molecule has 2 heterocycles. The summed E-state index contributed by atoms with van der Waals surface area (Å²) in [6, 6.07) is 4.01. The highest BCUT2D eigenvalue weighted by Crippen LogP contribution is 2.25. The van der Waals surface area contributed by atoms with E-state index in [2.05, 4.69) is 36.3 Å². The molecule has 0 aliphatic heterocycles. The van der Waals surface area contributed by atoms with Crippen LogP contribution in [-0.4, -0.2) is 21.3 Å². The maximum atomic E-state index is 12.7. The molecule has 0 aliphatic carbocycles. The zero-order chi connectivity index (χ0) is 15.4. The van der Waals surface area contributed by atoms with Crippen LogP contribution in [0.15, 0.2) is 16.9 Å². The Labute approximate surface area is 129 Å². The highest BCUT2D eigenvalue weighted by Gasteiger charge is 2.15. The first-order chi connectivity index (χ1) is 10.1. The lowest BCUT2D eigenvalue weighted by molar-refractivity contribution is 0.503. The maximum absolute atomic E-state index is 12.7. The minimum Gasteiger partial charge on any atom is -0.360 e. The predicted molar refractivity (Wildman–Crippen MR) is 88.1 cm³/mol. The van der Waals surface area contributed by atoms with E-state index in [9.17, 15) is 4.79 Å². The lowest BCUT2D eigenvalue weighted by atomic mass is 10.2. The fraction of sp³-hybridized carbons (Fsp3) is 0.533. The van der Waals surface area contributed by atoms with E-state index in [1.807, 2.05) is 23.6 Å². The average molecular weight is 306 g/mol. The molecule has 0 bridgehead atoms. The molecule has 1 N–H and O–H groups in total. The Morgan fingerprint density at radius 1 is 1.33 bits per heavy atom. The summed E-state index contributed by atoms with van der Waals surface area (Å²) in [5.74, 6) is 0. The zero-order valence-corrected chi connectivity index (χ0v) is 13.8. The summed E-state index contributed by atoms with van der Waals surface area (Å²) in [4.78, 5) is 12.7. The van der Waals surface area contributed by atoms with Crippen LogP contribution in [-0.2, 0) is 0 Å². The topological polar surface area (TPSA) is 59.8 Å². The van der Waals surface area contributed by atoms with Crippen molar-refractivity contribution in [2.45, 2.75) is 46.6 Å². The molecule has 0 aliphatic rings. The van der Waals surface area contributed by atoms with Crippen LogP contribution < -0.4 is 10.9 Å². The monoisotopic (exact) mass is 306 g/mol. The molecule has 1 unspecified atom stereocenters. The molecule has 2 aromatic rings. The molecule has 2 aromatic heterocycles. The molecule has 0 amide bonds. The first-order valence-corrected chi connectivity index (χ1v) is 8.20. The van der Waals surface area contributed by atoms with Gasteiger partial charge in [-0.05, 0) is 38.8 Å². The molecule has 0 radical (unpaired) electrons. The van der Waals surface area contributed by atoms with Crippen molar-refractivity contribution >= 4 is 16.5 Å². The quantitative estimate of drug-likeness (QED) is 0.887. The van der Waals surface area contributed by atoms with Gasteiger partial charge in [-0.25, -0.2) is 0 Å². The van der Waals surface area contributed by atoms with Gasteiger partial charge in [-0.3, -0.25) is 4.79 Å². The maximum Gasteiger partial charge on any atom is 0.261 e. The van der Waals surface area contributed by atoms with E-state index in [1.54, 1.807) is 0 Å². The lowest BCUT2D eigenvalue weighted by Gasteiger charge is -2.17. The van der Waals surface area contributed by atoms with Crippen LogP contribution in [0.3, 0.4) is 0 Å². The van der Waals surface area contributed by atoms with E-state index in [1.165, 1.54) is 11.3 Å². The van der Waals surface area contributed by atoms with Gasteiger partial charge in [0.15, 0.2) is 5.01 Å². The molecule has 1 atom stereocenters. The number of anilines is 1. The molecule has 0 saturated carbocycles. The summed E-state index contributed by atoms with van der Waals surface area (Å²) >= 11 is 1.43. The number of pyridine rings is 1. The third-order valence-corrected chi connectivity index (χ3v) is 4.45. The van der Waals surface area contributed by atoms with Gasteiger partial charge in [0.1, 0.15) is 0 Å². The molecule has 0 fully saturated rings. The molecule has 0 aromatic carbocycles. The average Bonchev–Trinajstić information content (AvgIpc) is 2.93. The third-order valence-electron chi connectivity index (χ3n) is 3.53. The Bertz CT molecular complexity index is 662. The van der Waals surface area contributed by atoms with Crippen LogP contribution in [0.5, 0.6) is 0 Å². The molecule has 0 spiro atoms. The number of aromatic nitrogens is 3. The molecule has 114 valence electrons. The summed E-state index contributed by atoms with van der Waals surface area (Å²) in [6.07, 6.45) is 1.95. The van der Waals surface area contributed by atoms with Crippen LogP contribution in [0.2, 0.25) is 0 Å². The van der Waals surface area contributed by atoms with Crippen molar-refractivity contribution in [1.29, 1.82) is 0 Å². The largest absolute Gasteiger partial charge is 0.360 e. The molecule has 21 heavy (non-hydrogen) atoms. The van der Waals surface area contributed by atoms with Crippen molar-refractivity contribution in [3.05, 3.63) is 28.2 Å². The van der Waals surface area contributed by atoms with Crippen LogP contribution >= 0.6 is 11.3 Å². The lowest BCUT2D eigenvalue weighted by Crippen LogP contribution is -2.26. The minimum absolute atomic E-state index is 0.0162. The van der Waals surface area contributed by atoms with Crippen LogP contribution in [0.1, 0.15) is 45.3 Å². The van der Waals surface area contributed by atoms with E-state index < -0.39 is 0 Å². The van der Waals surface area contributed by atoms with Crippen molar-refractivity contribution in [3.8, 4) is 10.6 Å². The first kappa shape index (κ1) is 15.7. The Kier molecular flexibility index (Phi) is 5.12. The van der Waals surface area contributed by atoms with Gasteiger partial charge < -0.3 is 9.88 Å². The highest BCUT2D eigenvalue weighted by molar-refractivity contribution is 7.18. The number of aryl methyl sites for hydroxylation is 1. The molecule has 5 nitrogen and oxygen atoms in total. The van der Waals surface area contributed by atoms with Gasteiger partial charge in [-0.1, -0.05) is 25.2 Å². The second-order valence-electron chi connectivity index (χ2n) is 5.16. The fourth-order valence-electron chi connectivity index (χ4n) is 2.17. The second kappa shape index (κ2) is 6.85. The van der Waals surface area contributed by atoms with E-state index in [4.69, 9.17) is 0 Å². The number of rotatable bonds is 6. The van der Waals surface area contributed by atoms with Gasteiger partial charge in [0.05, 0.1) is 5.56 Å². The van der Waals surface area contributed by atoms with Gasteiger partial charge in [-0.15, -0.1) is 10.2 Å². The molecule has 2 rings (SSSR count). The summed E-state index contributed by atoms with van der Waals surface area (Å²) in [7, 11) is 0. The Morgan fingerprint density at radius 3 is 2.76 bits per heavy atom. The van der Waals surface area contributed by atoms with Crippen LogP contribution in [0.25, 0.3) is 10.6 Å². The molecule has 6 heteroatoms. The van der Waals surface area contributed by atoms with E-state index in [-0.39, 0.29) is 11.6 Å². The Balaban J connectivity index is 2.40. The zero-order valence-electron chi connectivity index (χ0n) is 13.0. The molecule has 0 saturated heterocycles. The van der Waals surface area contributed by atoms with Crippen molar-refractivity contribution in [2.24, 2.45) is 0 Å². The summed E-state index contributed by atoms with van der Waals surface area (Å²) < 4.78 is 1.84. The minimum atomic E-state index is 0.0162. The number of nitrogens with zero attached hydrogens (tertiary/aromatic N) is 3. The third kappa shape index (κ3) is 3.32. The van der Waals surface area contributed by atoms with Gasteiger partial charge in [0.2, 0.25) is 5.13 Å². The second-order valence-corrected chi connectivity index (χ2v) is 6.14. The van der Waals surface area contributed by atoms with Gasteiger partial charge in [-0.2, -0.15) is 0 Å². The van der Waals surface area contributed by atoms with Crippen LogP contribution in [0.4, 0.5) is 5.13 Å². The fourth-order valence-corrected chi connectivity index (χ4v) is 2.96. The SMILES string of the molecule is CCCNc1nnc(-c2ccc(C)n(C(C)CC)c2=O)s1. The molecular formula is C15H22N4OS. The van der Waals surface area contributed by atoms with E-state index in [0.29, 0.717) is 10.6 Å². The van der Waals surface area contributed by atoms with Gasteiger partial charge >= 0.3 is 0 Å². The predicted octanol–water partition coefficient (Wildman–Crippen LogP) is 3.47. The van der Waals surface area contributed by atoms with E-state index in [0.717, 1.165) is 30.2 Å². The number of hydrogen-bond donors (Lipinski definition) is 1. The Hall–Kier alpha value is -1.69. The van der Waals surface area contributed by atoms with Crippen molar-refractivity contribution in [2.75, 3.05) is 11.9 Å². The molecular weight excluding hydrogens is 284 g/mol. The van der Waals surface area contributed by atoms with Gasteiger partial charge in [0.25, 0.3) is 5.56 Å². The van der Waals surface area contributed by atoms with Crippen molar-refractivity contribution in [1.82, 2.24) is 14.8 Å². The smallest absolute Gasteiger partial charge is 0.261 e. The standard InChI is InChI=1S/C15H22N4OS/c1-5-9-16-15-18-17-13(21-15)12-8-7-11(4)19(14(12)20)10(3)6-2/h7-8,10H,5-6,9H2,1-4H3,(H,16,18). The number of nitrogens with one attached hydrogen (secondary N) is 1. The summed E-state index contributed by atoms with van der Waals surface area (Å²) in [5, 5.41) is 12.9. The first-order valence-electron chi connectivity index (χ1n) is 7.38. The van der Waals surface area contributed by atoms with Crippen molar-refractivity contribution in [3.63, 3.8) is 0 Å². The summed E-state index contributed by atoms with van der Waals surface area (Å²) in [5.41, 5.74) is 1.62. The van der Waals surface area contributed by atoms with Gasteiger partial charge in [0, 0.05) is 18.3 Å². The summed E-state index contributed by atoms with van der Waals surface area (Å²) in [6.45, 7) is 9.07. The number of hydrogen-bond acceptors (Lipinski definition) is 5. The van der Waals surface area contributed by atoms with Crippen LogP contribution in [0, 0.1) is 6.92 Å². The highest BCUT2D eigenvalue weighted by atomic mass is 32.1. The Morgan fingerprint density at radius 2 is 2.10 bits per heavy atom. The normalized spacial score (nSPS) is 12.4. The van der Waals surface area contributed by atoms with E-state index >= 15 is 0 Å².